The van der Waals surface area contributed by atoms with Crippen molar-refractivity contribution in [2.45, 2.75) is 17.7 Å². The molecule has 0 bridgehead atoms. The molecule has 0 amide bonds. The van der Waals surface area contributed by atoms with Crippen LogP contribution < -0.4 is 0 Å². The molecule has 0 heterocycles. The van der Waals surface area contributed by atoms with E-state index in [9.17, 15) is 0 Å². The molecule has 62 valence electrons. The van der Waals surface area contributed by atoms with Crippen LogP contribution in [0.25, 0.3) is 0 Å². The molecular formula is C7H6Br4. The third-order valence-corrected chi connectivity index (χ3v) is 7.09. The fourth-order valence-electron chi connectivity index (χ4n) is 0.820. The maximum atomic E-state index is 3.61. The largest absolute Gasteiger partial charge is 0.0860 e. The van der Waals surface area contributed by atoms with Crippen molar-refractivity contribution >= 4 is 63.7 Å². The molecule has 4 heteroatoms. The van der Waals surface area contributed by atoms with Crippen LogP contribution in [-0.2, 0) is 0 Å². The first-order valence-electron chi connectivity index (χ1n) is 3.06. The van der Waals surface area contributed by atoms with Crippen molar-refractivity contribution in [1.29, 1.82) is 0 Å². The van der Waals surface area contributed by atoms with E-state index in [0.29, 0.717) is 0 Å². The normalized spacial score (nSPS) is 32.3. The van der Waals surface area contributed by atoms with E-state index in [2.05, 4.69) is 76.7 Å². The van der Waals surface area contributed by atoms with E-state index in [-0.39, 0.29) is 4.32 Å². The van der Waals surface area contributed by atoms with E-state index in [1.807, 2.05) is 0 Å². The number of hydrogen-bond acceptors (Lipinski definition) is 0. The molecule has 11 heavy (non-hydrogen) atoms. The zero-order valence-corrected chi connectivity index (χ0v) is 12.1. The van der Waals surface area contributed by atoms with E-state index >= 15 is 0 Å². The highest BCUT2D eigenvalue weighted by Crippen LogP contribution is 2.47. The summed E-state index contributed by atoms with van der Waals surface area (Å²) in [5.74, 6) is 0. The number of rotatable bonds is 0. The molecule has 0 saturated carbocycles. The van der Waals surface area contributed by atoms with Crippen LogP contribution in [0.15, 0.2) is 19.5 Å². The van der Waals surface area contributed by atoms with E-state index in [1.165, 1.54) is 8.96 Å². The summed E-state index contributed by atoms with van der Waals surface area (Å²) < 4.78 is 3.42. The van der Waals surface area contributed by atoms with Gasteiger partial charge in [0, 0.05) is 13.4 Å². The van der Waals surface area contributed by atoms with Crippen LogP contribution >= 0.6 is 63.7 Å². The van der Waals surface area contributed by atoms with Gasteiger partial charge in [0.1, 0.15) is 0 Å². The van der Waals surface area contributed by atoms with Crippen molar-refractivity contribution in [1.82, 2.24) is 0 Å². The molecule has 1 atom stereocenters. The van der Waals surface area contributed by atoms with Gasteiger partial charge in [0.15, 0.2) is 0 Å². The van der Waals surface area contributed by atoms with Gasteiger partial charge in [-0.05, 0) is 13.3 Å². The lowest BCUT2D eigenvalue weighted by Gasteiger charge is -2.26. The lowest BCUT2D eigenvalue weighted by atomic mass is 10.1. The fraction of sp³-hybridized carbons (Fsp3) is 0.429. The van der Waals surface area contributed by atoms with E-state index in [0.717, 1.165) is 10.9 Å². The van der Waals surface area contributed by atoms with Crippen molar-refractivity contribution in [2.24, 2.45) is 0 Å². The van der Waals surface area contributed by atoms with E-state index in [4.69, 9.17) is 0 Å². The van der Waals surface area contributed by atoms with Gasteiger partial charge >= 0.3 is 0 Å². The van der Waals surface area contributed by atoms with Gasteiger partial charge < -0.3 is 0 Å². The Morgan fingerprint density at radius 3 is 2.36 bits per heavy atom. The minimum absolute atomic E-state index is 0.0932. The fourth-order valence-corrected chi connectivity index (χ4v) is 3.05. The van der Waals surface area contributed by atoms with Crippen LogP contribution in [0, 0.1) is 0 Å². The standard InChI is InChI=1S/C7H6Br4/c1-7(11)5(9)3-2-4(8)6(7)10/h3H,2H2,1H3. The highest BCUT2D eigenvalue weighted by atomic mass is 79.9. The Bertz CT molecular complexity index is 237. The van der Waals surface area contributed by atoms with Crippen LogP contribution in [0.5, 0.6) is 0 Å². The molecular weight excluding hydrogens is 404 g/mol. The molecule has 0 aromatic rings. The summed E-state index contributed by atoms with van der Waals surface area (Å²) >= 11 is 14.1. The zero-order valence-electron chi connectivity index (χ0n) is 5.80. The van der Waals surface area contributed by atoms with Gasteiger partial charge in [-0.1, -0.05) is 69.8 Å². The predicted molar refractivity (Wildman–Crippen MR) is 63.8 cm³/mol. The average molecular weight is 410 g/mol. The molecule has 0 fully saturated rings. The summed E-state index contributed by atoms with van der Waals surface area (Å²) in [7, 11) is 0. The SMILES string of the molecule is CC1(Br)C(Br)=CCC(Br)=C1Br. The summed E-state index contributed by atoms with van der Waals surface area (Å²) in [4.78, 5) is 0. The smallest absolute Gasteiger partial charge is 0.0740 e. The van der Waals surface area contributed by atoms with E-state index < -0.39 is 0 Å². The van der Waals surface area contributed by atoms with Crippen molar-refractivity contribution in [3.05, 3.63) is 19.5 Å². The van der Waals surface area contributed by atoms with Crippen molar-refractivity contribution in [3.8, 4) is 0 Å². The molecule has 0 aromatic carbocycles. The monoisotopic (exact) mass is 406 g/mol. The van der Waals surface area contributed by atoms with Gasteiger partial charge in [-0.2, -0.15) is 0 Å². The maximum absolute atomic E-state index is 3.61. The molecule has 1 rings (SSSR count). The second-order valence-corrected chi connectivity index (χ2v) is 6.67. The van der Waals surface area contributed by atoms with Crippen LogP contribution in [0.1, 0.15) is 13.3 Å². The van der Waals surface area contributed by atoms with Gasteiger partial charge in [-0.3, -0.25) is 0 Å². The number of halogens is 4. The number of alkyl halides is 1. The maximum Gasteiger partial charge on any atom is 0.0860 e. The first kappa shape index (κ1) is 10.5. The molecule has 1 unspecified atom stereocenters. The molecule has 0 saturated heterocycles. The molecule has 0 radical (unpaired) electrons. The van der Waals surface area contributed by atoms with Gasteiger partial charge in [-0.15, -0.1) is 0 Å². The minimum atomic E-state index is -0.0932. The molecule has 0 aliphatic heterocycles. The molecule has 1 aliphatic rings. The quantitative estimate of drug-likeness (QED) is 0.503. The second kappa shape index (κ2) is 3.64. The van der Waals surface area contributed by atoms with Gasteiger partial charge in [0.2, 0.25) is 0 Å². The van der Waals surface area contributed by atoms with Crippen LogP contribution in [0.2, 0.25) is 0 Å². The molecule has 0 N–H and O–H groups in total. The summed E-state index contributed by atoms with van der Waals surface area (Å²) in [5.41, 5.74) is 0. The van der Waals surface area contributed by atoms with Gasteiger partial charge in [0.05, 0.1) is 4.32 Å². The predicted octanol–water partition coefficient (Wildman–Crippen LogP) is 4.82. The topological polar surface area (TPSA) is 0 Å². The number of allylic oxidation sites excluding steroid dienone is 4. The van der Waals surface area contributed by atoms with E-state index in [1.54, 1.807) is 0 Å². The lowest BCUT2D eigenvalue weighted by molar-refractivity contribution is 0.962. The zero-order chi connectivity index (χ0) is 8.65. The Morgan fingerprint density at radius 2 is 1.91 bits per heavy atom. The Morgan fingerprint density at radius 1 is 1.36 bits per heavy atom. The summed E-state index contributed by atoms with van der Waals surface area (Å²) in [6.07, 6.45) is 3.09. The third-order valence-electron chi connectivity index (χ3n) is 1.56. The highest BCUT2D eigenvalue weighted by molar-refractivity contribution is 9.16. The minimum Gasteiger partial charge on any atom is -0.0740 e. The first-order valence-corrected chi connectivity index (χ1v) is 6.23. The Hall–Kier alpha value is 1.40. The first-order chi connectivity index (χ1) is 4.96. The molecule has 0 spiro atoms. The Kier molecular flexibility index (Phi) is 3.47. The lowest BCUT2D eigenvalue weighted by Crippen LogP contribution is -2.19. The summed E-state index contributed by atoms with van der Waals surface area (Å²) in [5, 5.41) is 0. The Balaban J connectivity index is 3.07. The van der Waals surface area contributed by atoms with Crippen molar-refractivity contribution < 1.29 is 0 Å². The van der Waals surface area contributed by atoms with Crippen LogP contribution in [0.3, 0.4) is 0 Å². The summed E-state index contributed by atoms with van der Waals surface area (Å²) in [6.45, 7) is 2.10. The van der Waals surface area contributed by atoms with Gasteiger partial charge in [-0.25, -0.2) is 0 Å². The van der Waals surface area contributed by atoms with Crippen LogP contribution in [0.4, 0.5) is 0 Å². The van der Waals surface area contributed by atoms with Crippen molar-refractivity contribution in [3.63, 3.8) is 0 Å². The van der Waals surface area contributed by atoms with Crippen molar-refractivity contribution in [2.75, 3.05) is 0 Å². The number of hydrogen-bond donors (Lipinski definition) is 0. The van der Waals surface area contributed by atoms with Gasteiger partial charge in [0.25, 0.3) is 0 Å². The third kappa shape index (κ3) is 2.01. The molecule has 0 aromatic heterocycles. The Labute approximate surface area is 100 Å². The average Bonchev–Trinajstić information content (AvgIpc) is 1.95. The highest BCUT2D eigenvalue weighted by Gasteiger charge is 2.31. The summed E-state index contributed by atoms with van der Waals surface area (Å²) in [6, 6.07) is 0. The second-order valence-electron chi connectivity index (χ2n) is 2.48. The molecule has 0 nitrogen and oxygen atoms in total. The van der Waals surface area contributed by atoms with Crippen LogP contribution in [-0.4, -0.2) is 4.32 Å². The molecule has 1 aliphatic carbocycles.